The van der Waals surface area contributed by atoms with Crippen LogP contribution in [0, 0.1) is 5.92 Å². The fourth-order valence-corrected chi connectivity index (χ4v) is 5.43. The summed E-state index contributed by atoms with van der Waals surface area (Å²) in [6.45, 7) is 5.86. The van der Waals surface area contributed by atoms with E-state index >= 15 is 0 Å². The van der Waals surface area contributed by atoms with Crippen LogP contribution in [0.3, 0.4) is 0 Å². The Morgan fingerprint density at radius 2 is 2.06 bits per heavy atom. The van der Waals surface area contributed by atoms with Crippen LogP contribution in [-0.4, -0.2) is 87.1 Å². The predicted octanol–water partition coefficient (Wildman–Crippen LogP) is 1.61. The molecule has 1 aromatic rings. The van der Waals surface area contributed by atoms with Gasteiger partial charge < -0.3 is 9.84 Å². The third-order valence-electron chi connectivity index (χ3n) is 6.47. The molecule has 0 aromatic heterocycles. The lowest BCUT2D eigenvalue weighted by Gasteiger charge is -2.29. The van der Waals surface area contributed by atoms with E-state index in [1.165, 1.54) is 5.06 Å². The number of hydroxylamine groups is 2. The van der Waals surface area contributed by atoms with Crippen LogP contribution in [0.15, 0.2) is 18.2 Å². The summed E-state index contributed by atoms with van der Waals surface area (Å²) in [7, 11) is -3.42. The van der Waals surface area contributed by atoms with Gasteiger partial charge in [0.15, 0.2) is 0 Å². The van der Waals surface area contributed by atoms with Crippen molar-refractivity contribution in [1.82, 2.24) is 14.7 Å². The highest BCUT2D eigenvalue weighted by Crippen LogP contribution is 2.41. The minimum absolute atomic E-state index is 0.00158. The van der Waals surface area contributed by atoms with Gasteiger partial charge in [0.2, 0.25) is 10.0 Å². The lowest BCUT2D eigenvalue weighted by atomic mass is 9.83. The van der Waals surface area contributed by atoms with E-state index in [9.17, 15) is 23.1 Å². The molecule has 0 spiro atoms. The number of sulfonamides is 1. The highest BCUT2D eigenvalue weighted by atomic mass is 32.2. The molecule has 3 atom stereocenters. The quantitative estimate of drug-likeness (QED) is 0.383. The molecule has 0 radical (unpaired) electrons. The maximum absolute atomic E-state index is 13.1. The number of carboxylic acids is 1. The first kappa shape index (κ1) is 27.4. The Kier molecular flexibility index (Phi) is 9.51. The maximum Gasteiger partial charge on any atom is 0.308 e. The lowest BCUT2D eigenvalue weighted by molar-refractivity contribution is -0.188. The zero-order valence-electron chi connectivity index (χ0n) is 20.7. The number of fused-ring (bicyclic) bond motifs is 1. The largest absolute Gasteiger partial charge is 0.493 e. The molecular weight excluding hydrogens is 474 g/mol. The number of ether oxygens (including phenoxy) is 1. The van der Waals surface area contributed by atoms with Crippen molar-refractivity contribution in [3.05, 3.63) is 29.3 Å². The molecule has 0 bridgehead atoms. The van der Waals surface area contributed by atoms with Gasteiger partial charge in [-0.15, -0.1) is 0 Å². The molecule has 2 heterocycles. The van der Waals surface area contributed by atoms with Crippen LogP contribution in [-0.2, 0) is 30.9 Å². The second kappa shape index (κ2) is 12.2. The summed E-state index contributed by atoms with van der Waals surface area (Å²) in [6, 6.07) is 5.27. The van der Waals surface area contributed by atoms with Crippen molar-refractivity contribution in [2.24, 2.45) is 5.92 Å². The van der Waals surface area contributed by atoms with Gasteiger partial charge in [0.25, 0.3) is 5.91 Å². The fourth-order valence-electron chi connectivity index (χ4n) is 4.94. The van der Waals surface area contributed by atoms with Gasteiger partial charge in [-0.05, 0) is 36.5 Å². The summed E-state index contributed by atoms with van der Waals surface area (Å²) in [5, 5.41) is 11.6. The zero-order chi connectivity index (χ0) is 25.6. The van der Waals surface area contributed by atoms with E-state index in [0.717, 1.165) is 42.4 Å². The van der Waals surface area contributed by atoms with Crippen molar-refractivity contribution in [3.8, 4) is 5.75 Å². The maximum atomic E-state index is 13.1. The molecule has 3 rings (SSSR count). The lowest BCUT2D eigenvalue weighted by Crippen LogP contribution is -2.45. The molecule has 35 heavy (non-hydrogen) atoms. The minimum atomic E-state index is -3.42. The summed E-state index contributed by atoms with van der Waals surface area (Å²) in [5.41, 5.74) is 1.95. The molecule has 1 fully saturated rings. The molecule has 2 N–H and O–H groups in total. The summed E-state index contributed by atoms with van der Waals surface area (Å²) >= 11 is 0. The number of benzene rings is 1. The Labute approximate surface area is 207 Å². The van der Waals surface area contributed by atoms with E-state index in [-0.39, 0.29) is 31.3 Å². The number of carboxylic acid groups (broad SMARTS) is 1. The number of hydrogen-bond acceptors (Lipinski definition) is 7. The number of amides is 1. The summed E-state index contributed by atoms with van der Waals surface area (Å²) in [5.74, 6) is -1.50. The summed E-state index contributed by atoms with van der Waals surface area (Å²) < 4.78 is 31.3. The molecule has 1 amide bonds. The topological polar surface area (TPSA) is 125 Å². The average Bonchev–Trinajstić information content (AvgIpc) is 3.40. The van der Waals surface area contributed by atoms with Crippen molar-refractivity contribution in [1.29, 1.82) is 0 Å². The number of nitrogens with zero attached hydrogens (tertiary/aromatic N) is 2. The fraction of sp³-hybridized carbons (Fsp3) is 0.667. The third-order valence-corrected chi connectivity index (χ3v) is 7.20. The van der Waals surface area contributed by atoms with Crippen molar-refractivity contribution in [2.45, 2.75) is 51.5 Å². The van der Waals surface area contributed by atoms with Crippen LogP contribution in [0.4, 0.5) is 0 Å². The summed E-state index contributed by atoms with van der Waals surface area (Å²) in [6.07, 6.45) is 3.61. The Morgan fingerprint density at radius 1 is 1.29 bits per heavy atom. The van der Waals surface area contributed by atoms with Gasteiger partial charge in [-0.25, -0.2) is 18.2 Å². The van der Waals surface area contributed by atoms with E-state index in [0.29, 0.717) is 26.3 Å². The normalized spacial score (nSPS) is 22.1. The molecule has 196 valence electrons. The highest BCUT2D eigenvalue weighted by Gasteiger charge is 2.47. The molecule has 0 aliphatic carbocycles. The summed E-state index contributed by atoms with van der Waals surface area (Å²) in [4.78, 5) is 33.1. The van der Waals surface area contributed by atoms with E-state index < -0.39 is 28.0 Å². The van der Waals surface area contributed by atoms with Crippen molar-refractivity contribution < 1.29 is 32.7 Å². The molecule has 1 saturated heterocycles. The van der Waals surface area contributed by atoms with Crippen LogP contribution in [0.25, 0.3) is 0 Å². The first-order chi connectivity index (χ1) is 16.6. The number of carbonyl (C=O) groups is 2. The van der Waals surface area contributed by atoms with Gasteiger partial charge in [-0.2, -0.15) is 0 Å². The number of carbonyl (C=O) groups excluding carboxylic acids is 1. The van der Waals surface area contributed by atoms with E-state index in [1.54, 1.807) is 0 Å². The van der Waals surface area contributed by atoms with Gasteiger partial charge in [0.1, 0.15) is 5.75 Å². The average molecular weight is 512 g/mol. The first-order valence-electron chi connectivity index (χ1n) is 12.2. The van der Waals surface area contributed by atoms with Gasteiger partial charge in [0, 0.05) is 38.0 Å². The third kappa shape index (κ3) is 7.16. The van der Waals surface area contributed by atoms with Crippen molar-refractivity contribution in [2.75, 3.05) is 45.6 Å². The van der Waals surface area contributed by atoms with Gasteiger partial charge in [-0.3, -0.25) is 19.3 Å². The zero-order valence-corrected chi connectivity index (χ0v) is 21.6. The van der Waals surface area contributed by atoms with Crippen LogP contribution >= 0.6 is 0 Å². The Balaban J connectivity index is 1.86. The van der Waals surface area contributed by atoms with Gasteiger partial charge in [-0.1, -0.05) is 26.0 Å². The van der Waals surface area contributed by atoms with E-state index in [4.69, 9.17) is 9.57 Å². The molecule has 0 unspecified atom stereocenters. The second-order valence-corrected chi connectivity index (χ2v) is 11.1. The van der Waals surface area contributed by atoms with Gasteiger partial charge in [0.05, 0.1) is 31.9 Å². The van der Waals surface area contributed by atoms with Crippen molar-refractivity contribution in [3.63, 3.8) is 0 Å². The smallest absolute Gasteiger partial charge is 0.308 e. The molecule has 11 heteroatoms. The predicted molar refractivity (Wildman–Crippen MR) is 131 cm³/mol. The van der Waals surface area contributed by atoms with Crippen LogP contribution in [0.2, 0.25) is 0 Å². The standard InChI is InChI=1S/C24H37N3O7S/c1-4-11-27(34-12-5-2)22(28)16-26-15-19(17-6-7-21-18(14-17)9-13-33-21)23(24(29)30)20(26)8-10-25-35(3,31)32/h6-7,14,19-20,23,25H,4-5,8-13,15-16H2,1-3H3,(H,29,30)/t19-,20+,23-/m1/s1. The second-order valence-electron chi connectivity index (χ2n) is 9.22. The van der Waals surface area contributed by atoms with Crippen LogP contribution < -0.4 is 9.46 Å². The van der Waals surface area contributed by atoms with Gasteiger partial charge >= 0.3 is 5.97 Å². The minimum Gasteiger partial charge on any atom is -0.493 e. The SMILES string of the molecule is CCCON(CCC)C(=O)CN1C[C@H](c2ccc3c(c2)CCO3)[C@@H](C(=O)O)[C@@H]1CCNS(C)(=O)=O. The molecule has 0 saturated carbocycles. The van der Waals surface area contributed by atoms with E-state index in [1.807, 2.05) is 36.9 Å². The number of nitrogens with one attached hydrogen (secondary N) is 1. The highest BCUT2D eigenvalue weighted by molar-refractivity contribution is 7.88. The molecular formula is C24H37N3O7S. The molecule has 2 aliphatic rings. The Morgan fingerprint density at radius 3 is 2.71 bits per heavy atom. The molecule has 2 aliphatic heterocycles. The number of likely N-dealkylation sites (tertiary alicyclic amines) is 1. The monoisotopic (exact) mass is 511 g/mol. The molecule has 10 nitrogen and oxygen atoms in total. The van der Waals surface area contributed by atoms with Crippen molar-refractivity contribution >= 4 is 21.9 Å². The Hall–Kier alpha value is -2.21. The number of hydrogen-bond donors (Lipinski definition) is 2. The number of rotatable bonds is 13. The number of aliphatic carboxylic acids is 1. The van der Waals surface area contributed by atoms with E-state index in [2.05, 4.69) is 4.72 Å². The van der Waals surface area contributed by atoms with Crippen LogP contribution in [0.1, 0.15) is 50.2 Å². The molecule has 1 aromatic carbocycles. The van der Waals surface area contributed by atoms with Crippen LogP contribution in [0.5, 0.6) is 5.75 Å². The Bertz CT molecular complexity index is 1000. The first-order valence-corrected chi connectivity index (χ1v) is 14.1.